The van der Waals surface area contributed by atoms with Gasteiger partial charge < -0.3 is 15.1 Å². The molecule has 100 valence electrons. The lowest BCUT2D eigenvalue weighted by Crippen LogP contribution is -2.45. The van der Waals surface area contributed by atoms with Gasteiger partial charge in [-0.25, -0.2) is 0 Å². The summed E-state index contributed by atoms with van der Waals surface area (Å²) in [5.41, 5.74) is 0. The van der Waals surface area contributed by atoms with Crippen molar-refractivity contribution in [2.24, 2.45) is 0 Å². The first-order valence-electron chi connectivity index (χ1n) is 5.42. The number of nitrogens with one attached hydrogen (secondary N) is 2. The molecule has 2 rings (SSSR count). The number of hydrogen-bond acceptors (Lipinski definition) is 5. The van der Waals surface area contributed by atoms with Gasteiger partial charge in [-0.1, -0.05) is 0 Å². The topological polar surface area (TPSA) is 97.4 Å². The summed E-state index contributed by atoms with van der Waals surface area (Å²) in [5, 5.41) is 16.3. The first kappa shape index (κ1) is 14.5. The van der Waals surface area contributed by atoms with Crippen molar-refractivity contribution in [2.75, 3.05) is 13.1 Å². The molecule has 1 atom stereocenters. The van der Waals surface area contributed by atoms with Crippen molar-refractivity contribution in [1.82, 2.24) is 10.6 Å². The van der Waals surface area contributed by atoms with Crippen LogP contribution in [0.25, 0.3) is 0 Å². The number of hydrogen-bond donors (Lipinski definition) is 2. The predicted molar refractivity (Wildman–Crippen MR) is 66.0 cm³/mol. The van der Waals surface area contributed by atoms with Crippen molar-refractivity contribution >= 4 is 24.2 Å². The third-order valence-corrected chi connectivity index (χ3v) is 2.63. The number of rotatable bonds is 3. The van der Waals surface area contributed by atoms with Crippen molar-refractivity contribution in [2.45, 2.75) is 18.9 Å². The van der Waals surface area contributed by atoms with Gasteiger partial charge >= 0.3 is 5.88 Å². The van der Waals surface area contributed by atoms with Gasteiger partial charge in [0.1, 0.15) is 4.92 Å². The van der Waals surface area contributed by atoms with E-state index in [1.165, 1.54) is 12.1 Å². The van der Waals surface area contributed by atoms with Crippen molar-refractivity contribution < 1.29 is 14.1 Å². The van der Waals surface area contributed by atoms with Crippen molar-refractivity contribution in [3.63, 3.8) is 0 Å². The zero-order valence-corrected chi connectivity index (χ0v) is 10.4. The molecule has 0 radical (unpaired) electrons. The van der Waals surface area contributed by atoms with Gasteiger partial charge in [-0.3, -0.25) is 14.9 Å². The minimum atomic E-state index is -0.668. The van der Waals surface area contributed by atoms with E-state index in [1.807, 2.05) is 0 Å². The van der Waals surface area contributed by atoms with E-state index in [4.69, 9.17) is 4.42 Å². The predicted octanol–water partition coefficient (Wildman–Crippen LogP) is 1.09. The molecule has 0 aromatic carbocycles. The molecule has 1 aromatic heterocycles. The van der Waals surface area contributed by atoms with Gasteiger partial charge in [-0.05, 0) is 25.5 Å². The Morgan fingerprint density at radius 2 is 2.33 bits per heavy atom. The van der Waals surface area contributed by atoms with Gasteiger partial charge in [-0.2, -0.15) is 0 Å². The number of amides is 1. The maximum absolute atomic E-state index is 11.7. The Labute approximate surface area is 109 Å². The average Bonchev–Trinajstić information content (AvgIpc) is 2.79. The molecule has 1 fully saturated rings. The summed E-state index contributed by atoms with van der Waals surface area (Å²) in [5.74, 6) is -0.856. The van der Waals surface area contributed by atoms with E-state index >= 15 is 0 Å². The molecule has 1 aliphatic rings. The lowest BCUT2D eigenvalue weighted by atomic mass is 10.1. The zero-order valence-electron chi connectivity index (χ0n) is 9.55. The summed E-state index contributed by atoms with van der Waals surface area (Å²) in [4.78, 5) is 21.4. The van der Waals surface area contributed by atoms with E-state index in [0.29, 0.717) is 6.54 Å². The van der Waals surface area contributed by atoms with Gasteiger partial charge in [0.05, 0.1) is 6.07 Å². The van der Waals surface area contributed by atoms with Crippen LogP contribution in [0, 0.1) is 10.1 Å². The highest BCUT2D eigenvalue weighted by molar-refractivity contribution is 5.91. The molecule has 1 saturated heterocycles. The lowest BCUT2D eigenvalue weighted by molar-refractivity contribution is -0.402. The SMILES string of the molecule is Cl.O=C(NC1CCCNC1)c1ccc([N+](=O)[O-])o1. The highest BCUT2D eigenvalue weighted by atomic mass is 35.5. The normalized spacial score (nSPS) is 18.8. The summed E-state index contributed by atoms with van der Waals surface area (Å²) in [6.45, 7) is 1.67. The maximum atomic E-state index is 11.7. The molecular weight excluding hydrogens is 262 g/mol. The summed E-state index contributed by atoms with van der Waals surface area (Å²) in [7, 11) is 0. The van der Waals surface area contributed by atoms with Crippen molar-refractivity contribution in [3.05, 3.63) is 28.0 Å². The number of furan rings is 1. The van der Waals surface area contributed by atoms with Gasteiger partial charge in [0, 0.05) is 12.6 Å². The fraction of sp³-hybridized carbons (Fsp3) is 0.500. The second kappa shape index (κ2) is 6.36. The number of carbonyl (C=O) groups excluding carboxylic acids is 1. The molecule has 0 bridgehead atoms. The van der Waals surface area contributed by atoms with Crippen LogP contribution >= 0.6 is 12.4 Å². The Hall–Kier alpha value is -1.60. The van der Waals surface area contributed by atoms with Crippen LogP contribution in [0.2, 0.25) is 0 Å². The molecule has 1 aliphatic heterocycles. The molecule has 1 amide bonds. The fourth-order valence-corrected chi connectivity index (χ4v) is 1.78. The van der Waals surface area contributed by atoms with E-state index < -0.39 is 16.7 Å². The van der Waals surface area contributed by atoms with Crippen LogP contribution in [-0.2, 0) is 0 Å². The fourth-order valence-electron chi connectivity index (χ4n) is 1.78. The first-order valence-corrected chi connectivity index (χ1v) is 5.42. The average molecular weight is 276 g/mol. The van der Waals surface area contributed by atoms with Crippen LogP contribution in [0.3, 0.4) is 0 Å². The molecular formula is C10H14ClN3O4. The molecule has 0 spiro atoms. The Morgan fingerprint density at radius 1 is 1.56 bits per heavy atom. The highest BCUT2D eigenvalue weighted by Gasteiger charge is 2.20. The first-order chi connectivity index (χ1) is 8.16. The van der Waals surface area contributed by atoms with Crippen LogP contribution in [0.15, 0.2) is 16.5 Å². The Kier molecular flexibility index (Phi) is 5.11. The summed E-state index contributed by atoms with van der Waals surface area (Å²) >= 11 is 0. The monoisotopic (exact) mass is 275 g/mol. The molecule has 8 heteroatoms. The van der Waals surface area contributed by atoms with Crippen LogP contribution in [0.4, 0.5) is 5.88 Å². The largest absolute Gasteiger partial charge is 0.433 e. The second-order valence-electron chi connectivity index (χ2n) is 3.91. The van der Waals surface area contributed by atoms with E-state index in [2.05, 4.69) is 10.6 Å². The van der Waals surface area contributed by atoms with Crippen LogP contribution in [0.1, 0.15) is 23.4 Å². The number of nitro groups is 1. The smallest absolute Gasteiger partial charge is 0.395 e. The second-order valence-corrected chi connectivity index (χ2v) is 3.91. The molecule has 1 unspecified atom stereocenters. The molecule has 2 heterocycles. The minimum Gasteiger partial charge on any atom is -0.395 e. The van der Waals surface area contributed by atoms with Crippen molar-refractivity contribution in [1.29, 1.82) is 0 Å². The van der Waals surface area contributed by atoms with Gasteiger partial charge in [0.15, 0.2) is 5.76 Å². The molecule has 0 saturated carbocycles. The molecule has 18 heavy (non-hydrogen) atoms. The maximum Gasteiger partial charge on any atom is 0.433 e. The molecule has 2 N–H and O–H groups in total. The van der Waals surface area contributed by atoms with E-state index in [1.54, 1.807) is 0 Å². The number of nitrogens with zero attached hydrogens (tertiary/aromatic N) is 1. The Balaban J connectivity index is 0.00000162. The van der Waals surface area contributed by atoms with Crippen LogP contribution in [0.5, 0.6) is 0 Å². The Bertz CT molecular complexity index is 429. The third kappa shape index (κ3) is 3.44. The third-order valence-electron chi connectivity index (χ3n) is 2.63. The van der Waals surface area contributed by atoms with E-state index in [-0.39, 0.29) is 24.2 Å². The van der Waals surface area contributed by atoms with Crippen molar-refractivity contribution in [3.8, 4) is 0 Å². The van der Waals surface area contributed by atoms with E-state index in [0.717, 1.165) is 19.4 Å². The summed E-state index contributed by atoms with van der Waals surface area (Å²) in [6.07, 6.45) is 1.91. The zero-order chi connectivity index (χ0) is 12.3. The highest BCUT2D eigenvalue weighted by Crippen LogP contribution is 2.15. The Morgan fingerprint density at radius 3 is 2.89 bits per heavy atom. The summed E-state index contributed by atoms with van der Waals surface area (Å²) < 4.78 is 4.82. The standard InChI is InChI=1S/C10H13N3O4.ClH/c14-10(12-7-2-1-5-11-6-7)8-3-4-9(17-8)13(15)16;/h3-4,7,11H,1-2,5-6H2,(H,12,14);1H. The number of halogens is 1. The number of piperidine rings is 1. The van der Waals surface area contributed by atoms with Gasteiger partial charge in [0.25, 0.3) is 5.91 Å². The summed E-state index contributed by atoms with van der Waals surface area (Å²) in [6, 6.07) is 2.54. The molecule has 7 nitrogen and oxygen atoms in total. The molecule has 0 aliphatic carbocycles. The lowest BCUT2D eigenvalue weighted by Gasteiger charge is -2.23. The molecule has 1 aromatic rings. The number of carbonyl (C=O) groups is 1. The van der Waals surface area contributed by atoms with Gasteiger partial charge in [-0.15, -0.1) is 12.4 Å². The quantitative estimate of drug-likeness (QED) is 0.636. The minimum absolute atomic E-state index is 0. The van der Waals surface area contributed by atoms with Gasteiger partial charge in [0.2, 0.25) is 0 Å². The van der Waals surface area contributed by atoms with Crippen LogP contribution in [-0.4, -0.2) is 30.0 Å². The van der Waals surface area contributed by atoms with Crippen LogP contribution < -0.4 is 10.6 Å². The van der Waals surface area contributed by atoms with E-state index in [9.17, 15) is 14.9 Å².